The molecule has 1 aromatic carbocycles. The van der Waals surface area contributed by atoms with Gasteiger partial charge in [0.1, 0.15) is 17.8 Å². The van der Waals surface area contributed by atoms with Crippen molar-refractivity contribution >= 4 is 38.1 Å². The number of nitrogens with zero attached hydrogens (tertiary/aromatic N) is 4. The molecule has 3 aliphatic heterocycles. The second-order valence-corrected chi connectivity index (χ2v) is 11.6. The Hall–Kier alpha value is -2.59. The molecule has 3 saturated heterocycles. The monoisotopic (exact) mass is 523 g/mol. The van der Waals surface area contributed by atoms with Gasteiger partial charge in [0.05, 0.1) is 18.9 Å². The number of fused-ring (bicyclic) bond motifs is 2. The van der Waals surface area contributed by atoms with Crippen LogP contribution in [0.15, 0.2) is 36.5 Å². The number of hydrogen-bond donors (Lipinski definition) is 1. The highest BCUT2D eigenvalue weighted by atomic mass is 32.1. The molecule has 0 atom stereocenters. The van der Waals surface area contributed by atoms with Gasteiger partial charge in [-0.3, -0.25) is 9.80 Å². The van der Waals surface area contributed by atoms with E-state index in [1.165, 1.54) is 0 Å². The first-order chi connectivity index (χ1) is 18.1. The van der Waals surface area contributed by atoms with Gasteiger partial charge in [-0.15, -0.1) is 11.3 Å². The van der Waals surface area contributed by atoms with Crippen molar-refractivity contribution in [3.63, 3.8) is 0 Å². The second-order valence-electron chi connectivity index (χ2n) is 10.5. The smallest absolute Gasteiger partial charge is 0.137 e. The lowest BCUT2D eigenvalue weighted by Gasteiger charge is -2.44. The van der Waals surface area contributed by atoms with Gasteiger partial charge in [-0.25, -0.2) is 13.8 Å². The Labute approximate surface area is 218 Å². The lowest BCUT2D eigenvalue weighted by atomic mass is 9.99. The number of hydrogen-bond acceptors (Lipinski definition) is 6. The molecule has 6 nitrogen and oxygen atoms in total. The maximum Gasteiger partial charge on any atom is 0.137 e. The van der Waals surface area contributed by atoms with Crippen LogP contribution in [-0.4, -0.2) is 84.5 Å². The summed E-state index contributed by atoms with van der Waals surface area (Å²) in [4.78, 5) is 16.4. The van der Waals surface area contributed by atoms with Crippen LogP contribution in [0.1, 0.15) is 18.5 Å². The summed E-state index contributed by atoms with van der Waals surface area (Å²) in [6.07, 6.45) is 3.38. The van der Waals surface area contributed by atoms with Gasteiger partial charge >= 0.3 is 0 Å². The molecule has 194 valence electrons. The Balaban J connectivity index is 1.21. The summed E-state index contributed by atoms with van der Waals surface area (Å²) in [5.41, 5.74) is 2.64. The standard InChI is InChI=1S/C28H31F2N5OS/c29-18-15-35(16-18)20-4-7-33(8-5-20)17-19-13-25-22(28(32-19)34-9-11-36-12-10-34)14-26(37-25)27-21-3-6-31-24(21)2-1-23(27)30/h1-3,6,13-14,18,20,31H,4-5,7-12,15-17H2. The molecule has 9 heteroatoms. The molecule has 0 bridgehead atoms. The largest absolute Gasteiger partial charge is 0.378 e. The van der Waals surface area contributed by atoms with Gasteiger partial charge in [0, 0.05) is 89.5 Å². The number of thiophene rings is 1. The normalized spacial score (nSPS) is 20.8. The summed E-state index contributed by atoms with van der Waals surface area (Å²) in [5.74, 6) is 0.772. The van der Waals surface area contributed by atoms with Gasteiger partial charge in [-0.2, -0.15) is 0 Å². The topological polar surface area (TPSA) is 47.6 Å². The van der Waals surface area contributed by atoms with Gasteiger partial charge in [0.25, 0.3) is 0 Å². The van der Waals surface area contributed by atoms with Crippen molar-refractivity contribution in [1.29, 1.82) is 0 Å². The minimum Gasteiger partial charge on any atom is -0.378 e. The van der Waals surface area contributed by atoms with Crippen LogP contribution < -0.4 is 4.90 Å². The number of aromatic amines is 1. The first kappa shape index (κ1) is 23.5. The number of morpholine rings is 1. The van der Waals surface area contributed by atoms with Crippen LogP contribution in [0.25, 0.3) is 31.4 Å². The van der Waals surface area contributed by atoms with Crippen molar-refractivity contribution in [1.82, 2.24) is 19.8 Å². The lowest BCUT2D eigenvalue weighted by molar-refractivity contribution is 0.00109. The van der Waals surface area contributed by atoms with Crippen molar-refractivity contribution in [2.24, 2.45) is 0 Å². The zero-order valence-electron chi connectivity index (χ0n) is 20.8. The van der Waals surface area contributed by atoms with Crippen LogP contribution >= 0.6 is 11.3 Å². The molecule has 0 saturated carbocycles. The maximum atomic E-state index is 15.1. The van der Waals surface area contributed by atoms with Crippen molar-refractivity contribution in [2.75, 3.05) is 57.4 Å². The molecule has 3 fully saturated rings. The summed E-state index contributed by atoms with van der Waals surface area (Å²) in [7, 11) is 0. The highest BCUT2D eigenvalue weighted by molar-refractivity contribution is 7.22. The van der Waals surface area contributed by atoms with Crippen LogP contribution in [0.4, 0.5) is 14.6 Å². The number of rotatable bonds is 5. The Morgan fingerprint density at radius 3 is 2.62 bits per heavy atom. The maximum absolute atomic E-state index is 15.1. The van der Waals surface area contributed by atoms with Crippen LogP contribution in [0.2, 0.25) is 0 Å². The SMILES string of the molecule is Fc1ccc2[nH]ccc2c1-c1cc2c(N3CCOCC3)nc(CN3CCC(N4CC(F)C4)CC3)cc2s1. The predicted octanol–water partition coefficient (Wildman–Crippen LogP) is 5.04. The molecule has 0 aliphatic carbocycles. The third kappa shape index (κ3) is 4.41. The van der Waals surface area contributed by atoms with Gasteiger partial charge < -0.3 is 14.6 Å². The molecule has 7 rings (SSSR count). The number of alkyl halides is 1. The minimum atomic E-state index is -0.638. The second kappa shape index (κ2) is 9.62. The zero-order valence-corrected chi connectivity index (χ0v) is 21.6. The predicted molar refractivity (Wildman–Crippen MR) is 145 cm³/mol. The molecule has 4 aromatic rings. The molecule has 3 aliphatic rings. The molecular formula is C28H31F2N5OS. The third-order valence-electron chi connectivity index (χ3n) is 8.11. The van der Waals surface area contributed by atoms with E-state index in [1.54, 1.807) is 23.5 Å². The molecule has 0 amide bonds. The van der Waals surface area contributed by atoms with E-state index in [9.17, 15) is 4.39 Å². The Bertz CT molecular complexity index is 1420. The number of benzene rings is 1. The number of likely N-dealkylation sites (tertiary alicyclic amines) is 2. The fraction of sp³-hybridized carbons (Fsp3) is 0.464. The summed E-state index contributed by atoms with van der Waals surface area (Å²) >= 11 is 1.64. The van der Waals surface area contributed by atoms with E-state index < -0.39 is 6.17 Å². The third-order valence-corrected chi connectivity index (χ3v) is 9.21. The van der Waals surface area contributed by atoms with Crippen LogP contribution in [0, 0.1) is 5.82 Å². The van der Waals surface area contributed by atoms with Gasteiger partial charge in [0.15, 0.2) is 0 Å². The van der Waals surface area contributed by atoms with E-state index in [0.717, 1.165) is 82.9 Å². The van der Waals surface area contributed by atoms with Crippen LogP contribution in [0.5, 0.6) is 0 Å². The summed E-state index contributed by atoms with van der Waals surface area (Å²) < 4.78 is 35.2. The average Bonchev–Trinajstić information content (AvgIpc) is 3.54. The van der Waals surface area contributed by atoms with E-state index in [-0.39, 0.29) is 5.82 Å². The minimum absolute atomic E-state index is 0.205. The number of halogens is 2. The van der Waals surface area contributed by atoms with Crippen molar-refractivity contribution < 1.29 is 13.5 Å². The Morgan fingerprint density at radius 1 is 1.03 bits per heavy atom. The number of H-pyrrole nitrogens is 1. The van der Waals surface area contributed by atoms with Crippen molar-refractivity contribution in [3.8, 4) is 10.4 Å². The van der Waals surface area contributed by atoms with Gasteiger partial charge in [-0.05, 0) is 43.2 Å². The molecule has 3 aromatic heterocycles. The number of piperidine rings is 1. The fourth-order valence-electron chi connectivity index (χ4n) is 6.07. The molecule has 1 N–H and O–H groups in total. The van der Waals surface area contributed by atoms with E-state index in [1.807, 2.05) is 12.3 Å². The number of nitrogens with one attached hydrogen (secondary N) is 1. The average molecular weight is 524 g/mol. The summed E-state index contributed by atoms with van der Waals surface area (Å²) in [6, 6.07) is 10.1. The first-order valence-electron chi connectivity index (χ1n) is 13.2. The molecule has 37 heavy (non-hydrogen) atoms. The van der Waals surface area contributed by atoms with Gasteiger partial charge in [0.2, 0.25) is 0 Å². The highest BCUT2D eigenvalue weighted by Gasteiger charge is 2.34. The van der Waals surface area contributed by atoms with Crippen molar-refractivity contribution in [3.05, 3.63) is 48.0 Å². The molecule has 0 spiro atoms. The summed E-state index contributed by atoms with van der Waals surface area (Å²) in [5, 5.41) is 1.98. The van der Waals surface area contributed by atoms with E-state index >= 15 is 4.39 Å². The lowest BCUT2D eigenvalue weighted by Crippen LogP contribution is -2.56. The van der Waals surface area contributed by atoms with Crippen molar-refractivity contribution in [2.45, 2.75) is 31.6 Å². The molecule has 0 unspecified atom stereocenters. The molecule has 6 heterocycles. The Kier molecular flexibility index (Phi) is 6.11. The van der Waals surface area contributed by atoms with E-state index in [4.69, 9.17) is 9.72 Å². The molecule has 0 radical (unpaired) electrons. The number of anilines is 1. The highest BCUT2D eigenvalue weighted by Crippen LogP contribution is 2.42. The quantitative estimate of drug-likeness (QED) is 0.397. The van der Waals surface area contributed by atoms with Crippen LogP contribution in [0.3, 0.4) is 0 Å². The van der Waals surface area contributed by atoms with E-state index in [0.29, 0.717) is 37.9 Å². The number of ether oxygens (including phenoxy) is 1. The van der Waals surface area contributed by atoms with Crippen LogP contribution in [-0.2, 0) is 11.3 Å². The van der Waals surface area contributed by atoms with E-state index in [2.05, 4.69) is 31.8 Å². The number of aromatic nitrogens is 2. The first-order valence-corrected chi connectivity index (χ1v) is 14.1. The van der Waals surface area contributed by atoms with Gasteiger partial charge in [-0.1, -0.05) is 0 Å². The summed E-state index contributed by atoms with van der Waals surface area (Å²) in [6.45, 7) is 6.97. The Morgan fingerprint density at radius 2 is 1.84 bits per heavy atom. The zero-order chi connectivity index (χ0) is 24.9. The number of pyridine rings is 1. The fourth-order valence-corrected chi connectivity index (χ4v) is 7.25. The molecular weight excluding hydrogens is 492 g/mol.